The van der Waals surface area contributed by atoms with E-state index in [1.807, 2.05) is 146 Å². The molecule has 63 heavy (non-hydrogen) atoms. The summed E-state index contributed by atoms with van der Waals surface area (Å²) in [5.41, 5.74) is 3.37. The molecule has 0 aliphatic heterocycles. The maximum Gasteiger partial charge on any atom is 0.318 e. The van der Waals surface area contributed by atoms with Crippen LogP contribution in [0.2, 0.25) is 0 Å². The maximum absolute atomic E-state index is 14.5. The highest BCUT2D eigenvalue weighted by Gasteiger charge is 2.35. The first-order valence-corrected chi connectivity index (χ1v) is 21.9. The van der Waals surface area contributed by atoms with Gasteiger partial charge in [-0.15, -0.1) is 0 Å². The number of urea groups is 2. The highest BCUT2D eigenvalue weighted by atomic mass is 16.7. The number of rotatable bonds is 23. The molecule has 14 heteroatoms. The summed E-state index contributed by atoms with van der Waals surface area (Å²) in [7, 11) is 3.32. The molecule has 6 atom stereocenters. The van der Waals surface area contributed by atoms with E-state index in [2.05, 4.69) is 31.2 Å². The zero-order valence-corrected chi connectivity index (χ0v) is 38.4. The van der Waals surface area contributed by atoms with Crippen LogP contribution in [0.1, 0.15) is 77.4 Å². The predicted molar refractivity (Wildman–Crippen MR) is 245 cm³/mol. The average Bonchev–Trinajstić information content (AvgIpc) is 3.24. The van der Waals surface area contributed by atoms with Gasteiger partial charge in [0.1, 0.15) is 12.1 Å². The molecule has 2 aromatic heterocycles. The van der Waals surface area contributed by atoms with Crippen LogP contribution < -0.4 is 21.3 Å². The second-order valence-electron chi connectivity index (χ2n) is 17.1. The largest absolute Gasteiger partial charge is 0.351 e. The van der Waals surface area contributed by atoms with Gasteiger partial charge in [-0.25, -0.2) is 9.59 Å². The number of carbonyl (C=O) groups excluding carboxylic acids is 4. The number of nitrogens with one attached hydrogen (secondary N) is 4. The van der Waals surface area contributed by atoms with Crippen molar-refractivity contribution in [3.05, 3.63) is 132 Å². The monoisotopic (exact) mass is 865 g/mol. The van der Waals surface area contributed by atoms with Gasteiger partial charge in [0.05, 0.1) is 42.7 Å². The van der Waals surface area contributed by atoms with E-state index >= 15 is 0 Å². The second kappa shape index (κ2) is 25.3. The van der Waals surface area contributed by atoms with Crippen LogP contribution in [0.4, 0.5) is 9.59 Å². The van der Waals surface area contributed by atoms with E-state index in [-0.39, 0.29) is 49.3 Å². The third-order valence-corrected chi connectivity index (χ3v) is 10.5. The molecule has 4 rings (SSSR count). The van der Waals surface area contributed by atoms with Crippen molar-refractivity contribution >= 4 is 23.9 Å². The molecule has 0 radical (unpaired) electrons. The third-order valence-electron chi connectivity index (χ3n) is 10.5. The number of nitrogens with zero attached hydrogens (tertiary/aromatic N) is 4. The number of hydrogen-bond donors (Lipinski definition) is 4. The number of hydrogen-bond acceptors (Lipinski definition) is 8. The summed E-state index contributed by atoms with van der Waals surface area (Å²) < 4.78 is 12.9. The number of aromatic nitrogens is 2. The molecule has 0 bridgehead atoms. The number of ether oxygens (including phenoxy) is 2. The molecule has 0 spiro atoms. The Bertz CT molecular complexity index is 1970. The van der Waals surface area contributed by atoms with E-state index in [0.29, 0.717) is 18.5 Å². The van der Waals surface area contributed by atoms with Crippen molar-refractivity contribution in [1.29, 1.82) is 0 Å². The van der Waals surface area contributed by atoms with Crippen molar-refractivity contribution in [3.63, 3.8) is 0 Å². The van der Waals surface area contributed by atoms with Gasteiger partial charge >= 0.3 is 12.1 Å². The Hall–Kier alpha value is -5.86. The fourth-order valence-corrected chi connectivity index (χ4v) is 7.22. The van der Waals surface area contributed by atoms with Crippen molar-refractivity contribution < 1.29 is 28.7 Å². The number of pyridine rings is 2. The Kier molecular flexibility index (Phi) is 20.0. The molecule has 2 aromatic carbocycles. The molecule has 2 heterocycles. The van der Waals surface area contributed by atoms with Crippen LogP contribution >= 0.6 is 0 Å². The highest BCUT2D eigenvalue weighted by molar-refractivity contribution is 5.88. The molecule has 4 N–H and O–H groups in total. The minimum Gasteiger partial charge on any atom is -0.351 e. The molecule has 0 saturated carbocycles. The van der Waals surface area contributed by atoms with Crippen LogP contribution in [-0.2, 0) is 45.0 Å². The van der Waals surface area contributed by atoms with E-state index < -0.39 is 48.6 Å². The summed E-state index contributed by atoms with van der Waals surface area (Å²) in [5, 5.41) is 12.5. The Labute approximate surface area is 373 Å². The first-order valence-electron chi connectivity index (χ1n) is 21.9. The lowest BCUT2D eigenvalue weighted by Crippen LogP contribution is -2.58. The van der Waals surface area contributed by atoms with Crippen molar-refractivity contribution in [2.45, 2.75) is 123 Å². The van der Waals surface area contributed by atoms with Crippen LogP contribution in [-0.4, -0.2) is 100 Å². The van der Waals surface area contributed by atoms with Crippen LogP contribution in [0.15, 0.2) is 109 Å². The van der Waals surface area contributed by atoms with Gasteiger partial charge in [-0.05, 0) is 87.3 Å². The standard InChI is InChI=1S/C49H68N8O6/c1-33(2)44(54-48(60)56(8)31-39-24-16-18-26-50-39)46(58)52-41(28-37-20-12-10-13-21-37)30-43(63-36(7)62-35(5)6)42(29-38-22-14-11-15-23-38)53-47(59)45(34(3)4)55-49(61)57(9)32-40-25-17-19-27-51-40/h10-27,33-36,41-45H,28-32H2,1-9H3,(H,52,58)(H,53,59)(H,54,60)(H,55,61)/t36?,41-,42-,43-,44-,45-/m0/s1. The molecule has 340 valence electrons. The quantitative estimate of drug-likeness (QED) is 0.0613. The van der Waals surface area contributed by atoms with E-state index in [4.69, 9.17) is 9.47 Å². The van der Waals surface area contributed by atoms with Crippen molar-refractivity contribution in [2.24, 2.45) is 11.8 Å². The molecule has 0 aliphatic carbocycles. The zero-order valence-electron chi connectivity index (χ0n) is 38.4. The molecular formula is C49H68N8O6. The summed E-state index contributed by atoms with van der Waals surface area (Å²) in [5.74, 6) is -1.25. The van der Waals surface area contributed by atoms with Crippen LogP contribution in [0, 0.1) is 11.8 Å². The second-order valence-corrected chi connectivity index (χ2v) is 17.1. The average molecular weight is 865 g/mol. The fourth-order valence-electron chi connectivity index (χ4n) is 7.22. The highest BCUT2D eigenvalue weighted by Crippen LogP contribution is 2.21. The van der Waals surface area contributed by atoms with E-state index in [9.17, 15) is 19.2 Å². The summed E-state index contributed by atoms with van der Waals surface area (Å²) in [6.07, 6.45) is 2.87. The van der Waals surface area contributed by atoms with E-state index in [1.54, 1.807) is 26.5 Å². The van der Waals surface area contributed by atoms with Crippen LogP contribution in [0.3, 0.4) is 0 Å². The number of carbonyl (C=O) groups is 4. The van der Waals surface area contributed by atoms with Crippen molar-refractivity contribution in [2.75, 3.05) is 14.1 Å². The topological polar surface area (TPSA) is 167 Å². The summed E-state index contributed by atoms with van der Waals surface area (Å²) >= 11 is 0. The molecule has 0 fully saturated rings. The molecule has 14 nitrogen and oxygen atoms in total. The Morgan fingerprint density at radius 3 is 1.43 bits per heavy atom. The van der Waals surface area contributed by atoms with Gasteiger partial charge in [-0.2, -0.15) is 0 Å². The molecule has 4 aromatic rings. The Morgan fingerprint density at radius 1 is 0.556 bits per heavy atom. The first-order chi connectivity index (χ1) is 30.1. The number of benzene rings is 2. The van der Waals surface area contributed by atoms with Gasteiger partial charge in [-0.3, -0.25) is 19.6 Å². The molecule has 0 aliphatic rings. The van der Waals surface area contributed by atoms with Crippen LogP contribution in [0.5, 0.6) is 0 Å². The van der Waals surface area contributed by atoms with Gasteiger partial charge < -0.3 is 40.5 Å². The fraction of sp³-hybridized carbons (Fsp3) is 0.469. The van der Waals surface area contributed by atoms with Gasteiger partial charge in [0.2, 0.25) is 11.8 Å². The SMILES string of the molecule is CC(C)OC(C)O[C@@H](C[C@H](Cc1ccccc1)NC(=O)[C@@H](NC(=O)N(C)Cc1ccccn1)C(C)C)[C@H](Cc1ccccc1)NC(=O)[C@@H](NC(=O)N(C)Cc1ccccn1)C(C)C. The molecule has 6 amide bonds. The predicted octanol–water partition coefficient (Wildman–Crippen LogP) is 6.51. The lowest BCUT2D eigenvalue weighted by Gasteiger charge is -2.36. The van der Waals surface area contributed by atoms with E-state index in [1.165, 1.54) is 9.80 Å². The minimum absolute atomic E-state index is 0.155. The third kappa shape index (κ3) is 17.1. The Balaban J connectivity index is 1.65. The zero-order chi connectivity index (χ0) is 45.9. The summed E-state index contributed by atoms with van der Waals surface area (Å²) in [6.45, 7) is 13.7. The van der Waals surface area contributed by atoms with Gasteiger partial charge in [0.25, 0.3) is 0 Å². The number of amides is 6. The normalized spacial score (nSPS) is 14.2. The van der Waals surface area contributed by atoms with Crippen molar-refractivity contribution in [1.82, 2.24) is 41.0 Å². The summed E-state index contributed by atoms with van der Waals surface area (Å²) in [6, 6.07) is 26.9. The van der Waals surface area contributed by atoms with Gasteiger partial charge in [-0.1, -0.05) is 100 Å². The lowest BCUT2D eigenvalue weighted by molar-refractivity contribution is -0.186. The molecule has 0 saturated heterocycles. The maximum atomic E-state index is 14.5. The molecule has 1 unspecified atom stereocenters. The van der Waals surface area contributed by atoms with Gasteiger partial charge in [0, 0.05) is 32.5 Å². The van der Waals surface area contributed by atoms with Gasteiger partial charge in [0.15, 0.2) is 6.29 Å². The lowest BCUT2D eigenvalue weighted by atomic mass is 9.92. The molecular weight excluding hydrogens is 797 g/mol. The van der Waals surface area contributed by atoms with Crippen molar-refractivity contribution in [3.8, 4) is 0 Å². The minimum atomic E-state index is -0.891. The first kappa shape index (κ1) is 49.8. The smallest absolute Gasteiger partial charge is 0.318 e. The van der Waals surface area contributed by atoms with E-state index in [0.717, 1.165) is 16.8 Å². The summed E-state index contributed by atoms with van der Waals surface area (Å²) in [4.78, 5) is 67.6. The Morgan fingerprint density at radius 2 is 1.00 bits per heavy atom. The van der Waals surface area contributed by atoms with Crippen LogP contribution in [0.25, 0.3) is 0 Å².